The zero-order chi connectivity index (χ0) is 34.6. The lowest BCUT2D eigenvalue weighted by molar-refractivity contribution is -0.113. The quantitative estimate of drug-likeness (QED) is 0.160. The van der Waals surface area contributed by atoms with Gasteiger partial charge in [0.2, 0.25) is 5.88 Å². The Balaban J connectivity index is 1.47. The third kappa shape index (κ3) is 8.65. The molecule has 1 saturated carbocycles. The molecule has 11 nitrogen and oxygen atoms in total. The van der Waals surface area contributed by atoms with Crippen molar-refractivity contribution in [3.63, 3.8) is 0 Å². The van der Waals surface area contributed by atoms with E-state index in [1.54, 1.807) is 24.8 Å². The van der Waals surface area contributed by atoms with Crippen LogP contribution in [0.1, 0.15) is 59.0 Å². The van der Waals surface area contributed by atoms with E-state index in [0.29, 0.717) is 13.1 Å². The molecule has 2 aromatic heterocycles. The highest BCUT2D eigenvalue weighted by Gasteiger charge is 2.46. The van der Waals surface area contributed by atoms with Gasteiger partial charge in [-0.3, -0.25) is 14.4 Å². The number of likely N-dealkylation sites (tertiary alicyclic amines) is 1. The van der Waals surface area contributed by atoms with Crippen molar-refractivity contribution in [3.05, 3.63) is 69.6 Å². The average molecular weight is 694 g/mol. The molecule has 1 atom stereocenters. The molecule has 5 rings (SSSR count). The molecular weight excluding hydrogens is 658 g/mol. The first-order chi connectivity index (χ1) is 22.9. The van der Waals surface area contributed by atoms with Gasteiger partial charge in [0, 0.05) is 36.6 Å². The molecule has 1 saturated heterocycles. The number of hydrogen-bond acceptors (Lipinski definition) is 9. The van der Waals surface area contributed by atoms with Crippen molar-refractivity contribution in [3.8, 4) is 22.8 Å². The van der Waals surface area contributed by atoms with Crippen LogP contribution in [0.4, 0.5) is 23.4 Å². The Bertz CT molecular complexity index is 1710. The molecule has 1 aromatic carbocycles. The van der Waals surface area contributed by atoms with E-state index in [1.807, 2.05) is 6.92 Å². The molecule has 2 N–H and O–H groups in total. The van der Waals surface area contributed by atoms with Crippen LogP contribution < -0.4 is 25.7 Å². The molecule has 2 amide bonds. The van der Waals surface area contributed by atoms with Gasteiger partial charge in [0.25, 0.3) is 23.3 Å². The molecule has 0 radical (unpaired) electrons. The van der Waals surface area contributed by atoms with E-state index in [-0.39, 0.29) is 57.6 Å². The number of halogens is 4. The monoisotopic (exact) mass is 693 g/mol. The summed E-state index contributed by atoms with van der Waals surface area (Å²) in [6.45, 7) is 0.0667. The summed E-state index contributed by atoms with van der Waals surface area (Å²) >= 11 is 1.32. The van der Waals surface area contributed by atoms with Gasteiger partial charge in [-0.15, -0.1) is 0 Å². The fourth-order valence-electron chi connectivity index (χ4n) is 5.25. The Kier molecular flexibility index (Phi) is 11.0. The molecule has 3 aromatic rings. The number of hydrogen-bond donors (Lipinski definition) is 2. The molecule has 16 heteroatoms. The summed E-state index contributed by atoms with van der Waals surface area (Å²) in [5, 5.41) is 6.12. The zero-order valence-electron chi connectivity index (χ0n) is 26.4. The number of carbonyl (C=O) groups excluding carboxylic acids is 2. The fourth-order valence-corrected chi connectivity index (χ4v) is 5.76. The highest BCUT2D eigenvalue weighted by molar-refractivity contribution is 7.95. The standard InChI is InChI=1S/C32H35F4N5O6S/c1-4-46-27-11-20(23-8-7-22(47-31(33)34)12-24(23)29(43)40-16-32(35,36)17-40)10-26(38-27)39-28(42)25-9-19(14-37-13-18(2)48-45-3)15-41(30(25)44)21-5-6-21/h7-12,15,18,21,31,37H,4-6,13-14,16-17H2,1-3H3,(H,38,39,42)/t18-/m0/s1. The summed E-state index contributed by atoms with van der Waals surface area (Å²) in [6.07, 6.45) is 3.38. The van der Waals surface area contributed by atoms with Crippen molar-refractivity contribution in [2.75, 3.05) is 38.7 Å². The van der Waals surface area contributed by atoms with Crippen molar-refractivity contribution in [2.24, 2.45) is 0 Å². The van der Waals surface area contributed by atoms with Crippen molar-refractivity contribution in [1.29, 1.82) is 0 Å². The predicted molar refractivity (Wildman–Crippen MR) is 171 cm³/mol. The highest BCUT2D eigenvalue weighted by Crippen LogP contribution is 2.36. The van der Waals surface area contributed by atoms with Gasteiger partial charge in [-0.2, -0.15) is 13.8 Å². The number of nitrogens with zero attached hydrogens (tertiary/aromatic N) is 3. The smallest absolute Gasteiger partial charge is 0.387 e. The molecule has 1 aliphatic heterocycles. The number of ether oxygens (including phenoxy) is 2. The topological polar surface area (TPSA) is 124 Å². The lowest BCUT2D eigenvalue weighted by Gasteiger charge is -2.39. The second kappa shape index (κ2) is 15.0. The Morgan fingerprint density at radius 1 is 1.12 bits per heavy atom. The van der Waals surface area contributed by atoms with Crippen LogP contribution in [-0.4, -0.2) is 77.4 Å². The van der Waals surface area contributed by atoms with E-state index in [1.165, 1.54) is 42.4 Å². The van der Waals surface area contributed by atoms with Gasteiger partial charge >= 0.3 is 6.61 Å². The Morgan fingerprint density at radius 3 is 2.52 bits per heavy atom. The molecule has 48 heavy (non-hydrogen) atoms. The summed E-state index contributed by atoms with van der Waals surface area (Å²) in [5.74, 6) is -4.94. The molecule has 0 bridgehead atoms. The number of rotatable bonds is 15. The molecule has 2 fully saturated rings. The second-order valence-corrected chi connectivity index (χ2v) is 12.8. The van der Waals surface area contributed by atoms with Gasteiger partial charge < -0.3 is 33.8 Å². The predicted octanol–water partition coefficient (Wildman–Crippen LogP) is 5.36. The normalized spacial score (nSPS) is 16.0. The first-order valence-electron chi connectivity index (χ1n) is 15.2. The first-order valence-corrected chi connectivity index (χ1v) is 16.1. The maximum atomic E-state index is 13.6. The van der Waals surface area contributed by atoms with Crippen molar-refractivity contribution in [2.45, 2.75) is 57.1 Å². The number of benzene rings is 1. The summed E-state index contributed by atoms with van der Waals surface area (Å²) in [4.78, 5) is 45.5. The van der Waals surface area contributed by atoms with Crippen LogP contribution in [0.2, 0.25) is 0 Å². The average Bonchev–Trinajstić information content (AvgIpc) is 3.85. The van der Waals surface area contributed by atoms with Crippen molar-refractivity contribution < 1.29 is 40.8 Å². The van der Waals surface area contributed by atoms with Crippen LogP contribution in [0.3, 0.4) is 0 Å². The number of nitrogens with one attached hydrogen (secondary N) is 2. The first kappa shape index (κ1) is 35.2. The van der Waals surface area contributed by atoms with Crippen LogP contribution in [0.5, 0.6) is 11.6 Å². The maximum Gasteiger partial charge on any atom is 0.387 e. The zero-order valence-corrected chi connectivity index (χ0v) is 27.3. The largest absolute Gasteiger partial charge is 0.478 e. The van der Waals surface area contributed by atoms with Crippen LogP contribution in [0.25, 0.3) is 11.1 Å². The minimum absolute atomic E-state index is 0.00248. The maximum absolute atomic E-state index is 13.6. The summed E-state index contributed by atoms with van der Waals surface area (Å²) in [6, 6.07) is 7.97. The van der Waals surface area contributed by atoms with Gasteiger partial charge in [-0.1, -0.05) is 0 Å². The summed E-state index contributed by atoms with van der Waals surface area (Å²) in [7, 11) is 1.59. The molecular formula is C32H35F4N5O6S. The van der Waals surface area contributed by atoms with Gasteiger partial charge in [-0.25, -0.2) is 8.78 Å². The van der Waals surface area contributed by atoms with Crippen molar-refractivity contribution in [1.82, 2.24) is 19.8 Å². The number of carbonyl (C=O) groups is 2. The Hall–Kier alpha value is -4.15. The van der Waals surface area contributed by atoms with E-state index in [0.717, 1.165) is 29.4 Å². The van der Waals surface area contributed by atoms with Gasteiger partial charge in [0.05, 0.1) is 32.4 Å². The summed E-state index contributed by atoms with van der Waals surface area (Å²) in [5.41, 5.74) is 0.412. The van der Waals surface area contributed by atoms with Crippen LogP contribution >= 0.6 is 12.0 Å². The van der Waals surface area contributed by atoms with Crippen LogP contribution in [0, 0.1) is 0 Å². The van der Waals surface area contributed by atoms with Gasteiger partial charge in [-0.05, 0) is 85.8 Å². The van der Waals surface area contributed by atoms with Crippen LogP contribution in [-0.2, 0) is 10.7 Å². The molecule has 0 unspecified atom stereocenters. The van der Waals surface area contributed by atoms with Gasteiger partial charge in [0.15, 0.2) is 0 Å². The number of pyridine rings is 2. The van der Waals surface area contributed by atoms with E-state index in [4.69, 9.17) is 8.92 Å². The number of amides is 2. The Morgan fingerprint density at radius 2 is 1.88 bits per heavy atom. The second-order valence-electron chi connectivity index (χ2n) is 11.5. The third-order valence-corrected chi connectivity index (χ3v) is 8.22. The molecule has 0 spiro atoms. The Labute approximate surface area is 278 Å². The van der Waals surface area contributed by atoms with E-state index < -0.39 is 43.0 Å². The third-order valence-electron chi connectivity index (χ3n) is 7.53. The molecule has 2 aliphatic rings. The van der Waals surface area contributed by atoms with E-state index in [9.17, 15) is 31.9 Å². The lowest BCUT2D eigenvalue weighted by Crippen LogP contribution is -2.58. The number of alkyl halides is 4. The number of anilines is 1. The van der Waals surface area contributed by atoms with Gasteiger partial charge in [0.1, 0.15) is 17.1 Å². The highest BCUT2D eigenvalue weighted by atomic mass is 32.2. The number of aromatic nitrogens is 2. The SMILES string of the molecule is CCOc1cc(-c2ccc(OC(F)F)cc2C(=O)N2CC(F)(F)C2)cc(NC(=O)c2cc(CNC[C@H](C)SOC)cn(C3CC3)c2=O)n1. The molecule has 3 heterocycles. The summed E-state index contributed by atoms with van der Waals surface area (Å²) < 4.78 is 70.0. The molecule has 1 aliphatic carbocycles. The van der Waals surface area contributed by atoms with Crippen molar-refractivity contribution >= 4 is 29.7 Å². The molecule has 258 valence electrons. The van der Waals surface area contributed by atoms with E-state index >= 15 is 0 Å². The van der Waals surface area contributed by atoms with E-state index in [2.05, 4.69) is 20.4 Å². The minimum atomic E-state index is -3.18. The minimum Gasteiger partial charge on any atom is -0.478 e. The lowest BCUT2D eigenvalue weighted by atomic mass is 9.97. The fraction of sp³-hybridized carbons (Fsp3) is 0.438. The van der Waals surface area contributed by atoms with Crippen LogP contribution in [0.15, 0.2) is 47.4 Å².